The lowest BCUT2D eigenvalue weighted by Crippen LogP contribution is -2.25. The molecule has 0 spiro atoms. The Kier molecular flexibility index (Phi) is 5.19. The number of nitrogens with one attached hydrogen (secondary N) is 1. The van der Waals surface area contributed by atoms with Gasteiger partial charge >= 0.3 is 0 Å². The predicted octanol–water partition coefficient (Wildman–Crippen LogP) is 2.56. The van der Waals surface area contributed by atoms with E-state index in [2.05, 4.69) is 54.9 Å². The maximum absolute atomic E-state index is 4.42. The maximum Gasteiger partial charge on any atom is 0.137 e. The second kappa shape index (κ2) is 6.42. The SMILES string of the molecule is CCNc1ncnc(N(C)CC(C)C)c1CC. The van der Waals surface area contributed by atoms with Crippen molar-refractivity contribution < 1.29 is 0 Å². The summed E-state index contributed by atoms with van der Waals surface area (Å²) in [7, 11) is 2.09. The van der Waals surface area contributed by atoms with Crippen LogP contribution in [0.4, 0.5) is 11.6 Å². The molecule has 0 saturated heterocycles. The molecule has 1 rings (SSSR count). The number of anilines is 2. The van der Waals surface area contributed by atoms with E-state index in [1.165, 1.54) is 5.56 Å². The fourth-order valence-corrected chi connectivity index (χ4v) is 2.01. The molecule has 0 aromatic carbocycles. The number of hydrogen-bond donors (Lipinski definition) is 1. The fourth-order valence-electron chi connectivity index (χ4n) is 2.01. The van der Waals surface area contributed by atoms with Gasteiger partial charge < -0.3 is 10.2 Å². The molecule has 96 valence electrons. The van der Waals surface area contributed by atoms with Crippen LogP contribution in [0.5, 0.6) is 0 Å². The molecule has 1 N–H and O–H groups in total. The molecule has 4 nitrogen and oxygen atoms in total. The van der Waals surface area contributed by atoms with Crippen LogP contribution in [-0.4, -0.2) is 30.1 Å². The molecule has 4 heteroatoms. The second-order valence-corrected chi connectivity index (χ2v) is 4.68. The van der Waals surface area contributed by atoms with E-state index in [1.807, 2.05) is 0 Å². The summed E-state index contributed by atoms with van der Waals surface area (Å²) in [6, 6.07) is 0. The number of hydrogen-bond acceptors (Lipinski definition) is 4. The molecule has 1 heterocycles. The van der Waals surface area contributed by atoms with Gasteiger partial charge in [0.15, 0.2) is 0 Å². The van der Waals surface area contributed by atoms with Gasteiger partial charge in [-0.05, 0) is 19.3 Å². The molecule has 0 saturated carbocycles. The van der Waals surface area contributed by atoms with Gasteiger partial charge in [0.1, 0.15) is 18.0 Å². The van der Waals surface area contributed by atoms with Crippen molar-refractivity contribution in [2.45, 2.75) is 34.1 Å². The molecule has 0 fully saturated rings. The van der Waals surface area contributed by atoms with Crippen LogP contribution in [0.15, 0.2) is 6.33 Å². The Hall–Kier alpha value is -1.32. The van der Waals surface area contributed by atoms with Crippen molar-refractivity contribution in [2.24, 2.45) is 5.92 Å². The number of rotatable bonds is 6. The van der Waals surface area contributed by atoms with Crippen molar-refractivity contribution in [3.63, 3.8) is 0 Å². The average molecular weight is 236 g/mol. The highest BCUT2D eigenvalue weighted by atomic mass is 15.2. The van der Waals surface area contributed by atoms with Crippen LogP contribution < -0.4 is 10.2 Å². The summed E-state index contributed by atoms with van der Waals surface area (Å²) in [5.74, 6) is 2.64. The number of nitrogens with zero attached hydrogens (tertiary/aromatic N) is 3. The molecule has 0 aliphatic carbocycles. The highest BCUT2D eigenvalue weighted by molar-refractivity contribution is 5.58. The molecule has 0 amide bonds. The zero-order valence-electron chi connectivity index (χ0n) is 11.6. The molecule has 0 aliphatic heterocycles. The van der Waals surface area contributed by atoms with Crippen molar-refractivity contribution in [1.82, 2.24) is 9.97 Å². The van der Waals surface area contributed by atoms with E-state index >= 15 is 0 Å². The summed E-state index contributed by atoms with van der Waals surface area (Å²) in [5.41, 5.74) is 1.21. The Morgan fingerprint density at radius 1 is 1.29 bits per heavy atom. The van der Waals surface area contributed by atoms with Crippen LogP contribution in [0, 0.1) is 5.92 Å². The quantitative estimate of drug-likeness (QED) is 0.824. The Labute approximate surface area is 104 Å². The van der Waals surface area contributed by atoms with Crippen LogP contribution >= 0.6 is 0 Å². The molecule has 1 aromatic rings. The van der Waals surface area contributed by atoms with Crippen molar-refractivity contribution in [3.8, 4) is 0 Å². The Balaban J connectivity index is 3.01. The van der Waals surface area contributed by atoms with Crippen molar-refractivity contribution in [3.05, 3.63) is 11.9 Å². The van der Waals surface area contributed by atoms with E-state index in [1.54, 1.807) is 6.33 Å². The van der Waals surface area contributed by atoms with E-state index in [4.69, 9.17) is 0 Å². The maximum atomic E-state index is 4.42. The van der Waals surface area contributed by atoms with Gasteiger partial charge in [-0.2, -0.15) is 0 Å². The van der Waals surface area contributed by atoms with Crippen molar-refractivity contribution in [2.75, 3.05) is 30.4 Å². The molecule has 0 radical (unpaired) electrons. The molecule has 0 bridgehead atoms. The van der Waals surface area contributed by atoms with Gasteiger partial charge in [0.25, 0.3) is 0 Å². The summed E-state index contributed by atoms with van der Waals surface area (Å²) in [6.07, 6.45) is 2.59. The highest BCUT2D eigenvalue weighted by Crippen LogP contribution is 2.23. The lowest BCUT2D eigenvalue weighted by atomic mass is 10.1. The average Bonchev–Trinajstić information content (AvgIpc) is 2.28. The Morgan fingerprint density at radius 2 is 2.00 bits per heavy atom. The van der Waals surface area contributed by atoms with Crippen LogP contribution in [0.2, 0.25) is 0 Å². The van der Waals surface area contributed by atoms with Gasteiger partial charge in [-0.1, -0.05) is 20.8 Å². The smallest absolute Gasteiger partial charge is 0.137 e. The van der Waals surface area contributed by atoms with Gasteiger partial charge in [-0.3, -0.25) is 0 Å². The molecule has 17 heavy (non-hydrogen) atoms. The first-order valence-corrected chi connectivity index (χ1v) is 6.38. The first-order valence-electron chi connectivity index (χ1n) is 6.38. The summed E-state index contributed by atoms with van der Waals surface area (Å²) in [6.45, 7) is 10.6. The standard InChI is InChI=1S/C13H24N4/c1-6-11-12(14-7-2)15-9-16-13(11)17(5)8-10(3)4/h9-10H,6-8H2,1-5H3,(H,14,15,16). The molecule has 1 aromatic heterocycles. The lowest BCUT2D eigenvalue weighted by molar-refractivity contribution is 0.632. The largest absolute Gasteiger partial charge is 0.370 e. The van der Waals surface area contributed by atoms with Crippen molar-refractivity contribution in [1.29, 1.82) is 0 Å². The topological polar surface area (TPSA) is 41.1 Å². The van der Waals surface area contributed by atoms with Crippen molar-refractivity contribution >= 4 is 11.6 Å². The minimum Gasteiger partial charge on any atom is -0.370 e. The number of aromatic nitrogens is 2. The van der Waals surface area contributed by atoms with E-state index in [-0.39, 0.29) is 0 Å². The molecule has 0 unspecified atom stereocenters. The predicted molar refractivity (Wildman–Crippen MR) is 73.7 cm³/mol. The minimum atomic E-state index is 0.627. The third-order valence-corrected chi connectivity index (χ3v) is 2.62. The first kappa shape index (κ1) is 13.7. The van der Waals surface area contributed by atoms with E-state index in [0.717, 1.165) is 31.1 Å². The molecule has 0 aliphatic rings. The summed E-state index contributed by atoms with van der Waals surface area (Å²) >= 11 is 0. The normalized spacial score (nSPS) is 10.7. The fraction of sp³-hybridized carbons (Fsp3) is 0.692. The van der Waals surface area contributed by atoms with E-state index < -0.39 is 0 Å². The minimum absolute atomic E-state index is 0.627. The van der Waals surface area contributed by atoms with Gasteiger partial charge in [0.2, 0.25) is 0 Å². The van der Waals surface area contributed by atoms with E-state index in [9.17, 15) is 0 Å². The highest BCUT2D eigenvalue weighted by Gasteiger charge is 2.13. The Bertz CT molecular complexity index is 349. The zero-order valence-corrected chi connectivity index (χ0v) is 11.6. The molecular formula is C13H24N4. The van der Waals surface area contributed by atoms with Gasteiger partial charge in [-0.25, -0.2) is 9.97 Å². The third-order valence-electron chi connectivity index (χ3n) is 2.62. The molecule has 0 atom stereocenters. The van der Waals surface area contributed by atoms with Gasteiger partial charge in [0, 0.05) is 25.7 Å². The summed E-state index contributed by atoms with van der Waals surface area (Å²) in [4.78, 5) is 10.9. The second-order valence-electron chi connectivity index (χ2n) is 4.68. The summed E-state index contributed by atoms with van der Waals surface area (Å²) < 4.78 is 0. The van der Waals surface area contributed by atoms with Crippen LogP contribution in [0.1, 0.15) is 33.3 Å². The zero-order chi connectivity index (χ0) is 12.8. The van der Waals surface area contributed by atoms with Crippen LogP contribution in [0.3, 0.4) is 0 Å². The van der Waals surface area contributed by atoms with E-state index in [0.29, 0.717) is 5.92 Å². The van der Waals surface area contributed by atoms with Gasteiger partial charge in [0.05, 0.1) is 0 Å². The molecular weight excluding hydrogens is 212 g/mol. The monoisotopic (exact) mass is 236 g/mol. The van der Waals surface area contributed by atoms with Crippen LogP contribution in [0.25, 0.3) is 0 Å². The summed E-state index contributed by atoms with van der Waals surface area (Å²) in [5, 5.41) is 3.30. The third kappa shape index (κ3) is 3.58. The lowest BCUT2D eigenvalue weighted by Gasteiger charge is -2.23. The van der Waals surface area contributed by atoms with Crippen LogP contribution in [-0.2, 0) is 6.42 Å². The van der Waals surface area contributed by atoms with Gasteiger partial charge in [-0.15, -0.1) is 0 Å². The first-order chi connectivity index (χ1) is 8.10. The Morgan fingerprint density at radius 3 is 2.53 bits per heavy atom.